The number of pyridine rings is 1. The normalized spacial score (nSPS) is 10.3. The molecule has 0 fully saturated rings. The van der Waals surface area contributed by atoms with Gasteiger partial charge in [0.05, 0.1) is 5.56 Å². The van der Waals surface area contributed by atoms with E-state index in [1.165, 1.54) is 12.8 Å². The second kappa shape index (κ2) is 6.90. The highest BCUT2D eigenvalue weighted by Crippen LogP contribution is 2.16. The first kappa shape index (κ1) is 13.5. The lowest BCUT2D eigenvalue weighted by molar-refractivity contribution is 0.484. The van der Waals surface area contributed by atoms with E-state index in [0.29, 0.717) is 11.5 Å². The standard InChI is InChI=1S/C14H21N3/c1-4-12(5-2)11-17(6-3)14-8-7-13(9-15)10-16-14/h7-8,10,12H,4-6,11H2,1-3H3. The summed E-state index contributed by atoms with van der Waals surface area (Å²) < 4.78 is 0. The van der Waals surface area contributed by atoms with Crippen LogP contribution in [0.1, 0.15) is 39.2 Å². The van der Waals surface area contributed by atoms with Crippen molar-refractivity contribution < 1.29 is 0 Å². The zero-order valence-electron chi connectivity index (χ0n) is 11.0. The van der Waals surface area contributed by atoms with E-state index >= 15 is 0 Å². The molecule has 0 amide bonds. The number of hydrogen-bond donors (Lipinski definition) is 0. The fourth-order valence-electron chi connectivity index (χ4n) is 1.88. The maximum atomic E-state index is 8.74. The Kier molecular flexibility index (Phi) is 5.48. The zero-order valence-corrected chi connectivity index (χ0v) is 11.0. The highest BCUT2D eigenvalue weighted by molar-refractivity contribution is 5.41. The molecular weight excluding hydrogens is 210 g/mol. The van der Waals surface area contributed by atoms with E-state index in [2.05, 4.69) is 36.7 Å². The number of rotatable bonds is 6. The second-order valence-electron chi connectivity index (χ2n) is 4.24. The molecule has 3 heteroatoms. The van der Waals surface area contributed by atoms with Crippen LogP contribution in [0.4, 0.5) is 5.82 Å². The summed E-state index contributed by atoms with van der Waals surface area (Å²) in [6, 6.07) is 5.86. The summed E-state index contributed by atoms with van der Waals surface area (Å²) in [5.74, 6) is 1.69. The SMILES string of the molecule is CCC(CC)CN(CC)c1ccc(C#N)cn1. The van der Waals surface area contributed by atoms with Gasteiger partial charge < -0.3 is 4.90 Å². The van der Waals surface area contributed by atoms with Gasteiger partial charge in [-0.15, -0.1) is 0 Å². The van der Waals surface area contributed by atoms with Crippen LogP contribution in [-0.4, -0.2) is 18.1 Å². The average molecular weight is 231 g/mol. The third kappa shape index (κ3) is 3.74. The Morgan fingerprint density at radius 1 is 1.29 bits per heavy atom. The van der Waals surface area contributed by atoms with Gasteiger partial charge in [-0.25, -0.2) is 4.98 Å². The van der Waals surface area contributed by atoms with Crippen LogP contribution < -0.4 is 4.90 Å². The summed E-state index contributed by atoms with van der Waals surface area (Å²) in [5.41, 5.74) is 0.618. The molecule has 3 nitrogen and oxygen atoms in total. The minimum absolute atomic E-state index is 0.618. The summed E-state index contributed by atoms with van der Waals surface area (Å²) in [7, 11) is 0. The topological polar surface area (TPSA) is 39.9 Å². The molecule has 0 unspecified atom stereocenters. The molecule has 0 bridgehead atoms. The predicted molar refractivity (Wildman–Crippen MR) is 70.9 cm³/mol. The number of anilines is 1. The minimum Gasteiger partial charge on any atom is -0.357 e. The lowest BCUT2D eigenvalue weighted by atomic mass is 10.0. The summed E-state index contributed by atoms with van der Waals surface area (Å²) in [4.78, 5) is 6.62. The van der Waals surface area contributed by atoms with Crippen molar-refractivity contribution in [2.45, 2.75) is 33.6 Å². The van der Waals surface area contributed by atoms with Crippen molar-refractivity contribution in [1.29, 1.82) is 5.26 Å². The zero-order chi connectivity index (χ0) is 12.7. The fourth-order valence-corrected chi connectivity index (χ4v) is 1.88. The Morgan fingerprint density at radius 3 is 2.41 bits per heavy atom. The maximum Gasteiger partial charge on any atom is 0.128 e. The number of nitriles is 1. The van der Waals surface area contributed by atoms with Crippen LogP contribution in [0.15, 0.2) is 18.3 Å². The van der Waals surface area contributed by atoms with Crippen molar-refractivity contribution in [3.63, 3.8) is 0 Å². The van der Waals surface area contributed by atoms with Gasteiger partial charge in [-0.05, 0) is 25.0 Å². The van der Waals surface area contributed by atoms with E-state index in [1.807, 2.05) is 12.1 Å². The third-order valence-corrected chi connectivity index (χ3v) is 3.22. The van der Waals surface area contributed by atoms with E-state index in [0.717, 1.165) is 18.9 Å². The van der Waals surface area contributed by atoms with E-state index < -0.39 is 0 Å². The summed E-state index contributed by atoms with van der Waals surface area (Å²) >= 11 is 0. The monoisotopic (exact) mass is 231 g/mol. The molecule has 0 saturated carbocycles. The van der Waals surface area contributed by atoms with Gasteiger partial charge in [0, 0.05) is 19.3 Å². The Morgan fingerprint density at radius 2 is 2.00 bits per heavy atom. The molecule has 0 saturated heterocycles. The molecule has 1 aromatic rings. The van der Waals surface area contributed by atoms with E-state index in [4.69, 9.17) is 5.26 Å². The average Bonchev–Trinajstić information content (AvgIpc) is 2.40. The van der Waals surface area contributed by atoms with Gasteiger partial charge in [-0.1, -0.05) is 26.7 Å². The number of hydrogen-bond acceptors (Lipinski definition) is 3. The van der Waals surface area contributed by atoms with Gasteiger partial charge in [0.1, 0.15) is 11.9 Å². The Bertz CT molecular complexity index is 360. The molecule has 0 atom stereocenters. The summed E-state index contributed by atoms with van der Waals surface area (Å²) in [6.45, 7) is 8.60. The highest BCUT2D eigenvalue weighted by Gasteiger charge is 2.11. The third-order valence-electron chi connectivity index (χ3n) is 3.22. The molecule has 0 radical (unpaired) electrons. The maximum absolute atomic E-state index is 8.74. The minimum atomic E-state index is 0.618. The molecule has 0 aliphatic carbocycles. The van der Waals surface area contributed by atoms with Crippen molar-refractivity contribution in [3.8, 4) is 6.07 Å². The van der Waals surface area contributed by atoms with Gasteiger partial charge in [0.15, 0.2) is 0 Å². The molecule has 1 aromatic heterocycles. The molecule has 0 N–H and O–H groups in total. The smallest absolute Gasteiger partial charge is 0.128 e. The fraction of sp³-hybridized carbons (Fsp3) is 0.571. The number of aromatic nitrogens is 1. The molecule has 1 rings (SSSR count). The highest BCUT2D eigenvalue weighted by atomic mass is 15.2. The Labute approximate surface area is 104 Å². The second-order valence-corrected chi connectivity index (χ2v) is 4.24. The predicted octanol–water partition coefficient (Wildman–Crippen LogP) is 3.22. The molecule has 0 aliphatic rings. The van der Waals surface area contributed by atoms with Gasteiger partial charge >= 0.3 is 0 Å². The van der Waals surface area contributed by atoms with Gasteiger partial charge in [-0.2, -0.15) is 5.26 Å². The summed E-state index contributed by atoms with van der Waals surface area (Å²) in [6.07, 6.45) is 4.04. The van der Waals surface area contributed by atoms with E-state index in [1.54, 1.807) is 6.20 Å². The quantitative estimate of drug-likeness (QED) is 0.754. The van der Waals surface area contributed by atoms with Crippen LogP contribution >= 0.6 is 0 Å². The van der Waals surface area contributed by atoms with Crippen molar-refractivity contribution in [3.05, 3.63) is 23.9 Å². The molecule has 92 valence electrons. The van der Waals surface area contributed by atoms with E-state index in [9.17, 15) is 0 Å². The molecular formula is C14H21N3. The lowest BCUT2D eigenvalue weighted by Crippen LogP contribution is -2.29. The molecule has 0 aromatic carbocycles. The van der Waals surface area contributed by atoms with Crippen LogP contribution in [0, 0.1) is 17.2 Å². The number of nitrogens with zero attached hydrogens (tertiary/aromatic N) is 3. The van der Waals surface area contributed by atoms with Crippen molar-refractivity contribution >= 4 is 5.82 Å². The lowest BCUT2D eigenvalue weighted by Gasteiger charge is -2.26. The van der Waals surface area contributed by atoms with E-state index in [-0.39, 0.29) is 0 Å². The summed E-state index contributed by atoms with van der Waals surface area (Å²) in [5, 5.41) is 8.74. The largest absolute Gasteiger partial charge is 0.357 e. The van der Waals surface area contributed by atoms with Crippen LogP contribution in [0.25, 0.3) is 0 Å². The molecule has 17 heavy (non-hydrogen) atoms. The van der Waals surface area contributed by atoms with Crippen LogP contribution in [-0.2, 0) is 0 Å². The van der Waals surface area contributed by atoms with Crippen molar-refractivity contribution in [1.82, 2.24) is 4.98 Å². The Hall–Kier alpha value is -1.56. The first-order valence-corrected chi connectivity index (χ1v) is 6.36. The molecule has 0 spiro atoms. The van der Waals surface area contributed by atoms with Gasteiger partial charge in [0.2, 0.25) is 0 Å². The van der Waals surface area contributed by atoms with Crippen molar-refractivity contribution in [2.75, 3.05) is 18.0 Å². The van der Waals surface area contributed by atoms with Gasteiger partial charge in [0.25, 0.3) is 0 Å². The van der Waals surface area contributed by atoms with Gasteiger partial charge in [-0.3, -0.25) is 0 Å². The van der Waals surface area contributed by atoms with Crippen molar-refractivity contribution in [2.24, 2.45) is 5.92 Å². The van der Waals surface area contributed by atoms with Crippen LogP contribution in [0.2, 0.25) is 0 Å². The first-order chi connectivity index (χ1) is 8.24. The van der Waals surface area contributed by atoms with Crippen LogP contribution in [0.3, 0.4) is 0 Å². The molecule has 1 heterocycles. The first-order valence-electron chi connectivity index (χ1n) is 6.36. The molecule has 0 aliphatic heterocycles. The van der Waals surface area contributed by atoms with Crippen LogP contribution in [0.5, 0.6) is 0 Å². The Balaban J connectivity index is 2.75.